The van der Waals surface area contributed by atoms with Gasteiger partial charge in [0, 0.05) is 0 Å². The molecule has 2 aliphatic rings. The van der Waals surface area contributed by atoms with Crippen molar-refractivity contribution in [1.82, 2.24) is 5.32 Å². The van der Waals surface area contributed by atoms with Gasteiger partial charge in [0.25, 0.3) is 0 Å². The van der Waals surface area contributed by atoms with Crippen LogP contribution in [-0.4, -0.2) is 19.3 Å². The predicted octanol–water partition coefficient (Wildman–Crippen LogP) is 2.96. The van der Waals surface area contributed by atoms with Crippen LogP contribution in [0.2, 0.25) is 0 Å². The summed E-state index contributed by atoms with van der Waals surface area (Å²) in [4.78, 5) is 0. The largest absolute Gasteiger partial charge is 0.403 e. The lowest BCUT2D eigenvalue weighted by atomic mass is 9.84. The van der Waals surface area contributed by atoms with E-state index in [0.717, 1.165) is 18.8 Å². The van der Waals surface area contributed by atoms with Crippen molar-refractivity contribution in [3.8, 4) is 0 Å². The lowest BCUT2D eigenvalue weighted by molar-refractivity contribution is -0.159. The van der Waals surface area contributed by atoms with Gasteiger partial charge in [-0.3, -0.25) is 0 Å². The Labute approximate surface area is 88.4 Å². The Hall–Kier alpha value is -0.250. The maximum Gasteiger partial charge on any atom is 0.403 e. The molecule has 0 saturated heterocycles. The SMILES string of the molecule is CNC(CC1CC2CCC1C2)C(F)(F)F. The minimum atomic E-state index is -4.09. The second kappa shape index (κ2) is 3.96. The van der Waals surface area contributed by atoms with Gasteiger partial charge >= 0.3 is 6.18 Å². The first kappa shape index (κ1) is 11.2. The summed E-state index contributed by atoms with van der Waals surface area (Å²) >= 11 is 0. The van der Waals surface area contributed by atoms with Gasteiger partial charge in [0.15, 0.2) is 0 Å². The Morgan fingerprint density at radius 1 is 1.27 bits per heavy atom. The number of halogens is 3. The molecule has 0 aromatic heterocycles. The van der Waals surface area contributed by atoms with Crippen molar-refractivity contribution in [1.29, 1.82) is 0 Å². The van der Waals surface area contributed by atoms with Gasteiger partial charge in [0.1, 0.15) is 6.04 Å². The van der Waals surface area contributed by atoms with Crippen LogP contribution in [0.3, 0.4) is 0 Å². The predicted molar refractivity (Wildman–Crippen MR) is 52.5 cm³/mol. The summed E-state index contributed by atoms with van der Waals surface area (Å²) in [7, 11) is 1.41. The molecule has 4 heteroatoms. The summed E-state index contributed by atoms with van der Waals surface area (Å²) in [5.41, 5.74) is 0. The van der Waals surface area contributed by atoms with Gasteiger partial charge in [-0.1, -0.05) is 6.42 Å². The molecule has 88 valence electrons. The Morgan fingerprint density at radius 2 is 2.00 bits per heavy atom. The van der Waals surface area contributed by atoms with E-state index < -0.39 is 12.2 Å². The zero-order chi connectivity index (χ0) is 11.1. The smallest absolute Gasteiger partial charge is 0.309 e. The molecule has 4 atom stereocenters. The van der Waals surface area contributed by atoms with Crippen LogP contribution in [-0.2, 0) is 0 Å². The standard InChI is InChI=1S/C11H18F3N/c1-15-10(11(12,13)14)6-9-5-7-2-3-8(9)4-7/h7-10,15H,2-6H2,1H3. The van der Waals surface area contributed by atoms with Gasteiger partial charge in [0.2, 0.25) is 0 Å². The minimum Gasteiger partial charge on any atom is -0.309 e. The molecule has 4 unspecified atom stereocenters. The van der Waals surface area contributed by atoms with Crippen molar-refractivity contribution >= 4 is 0 Å². The second-order valence-corrected chi connectivity index (χ2v) is 5.05. The van der Waals surface area contributed by atoms with Gasteiger partial charge < -0.3 is 5.32 Å². The maximum atomic E-state index is 12.6. The highest BCUT2D eigenvalue weighted by Crippen LogP contribution is 2.50. The van der Waals surface area contributed by atoms with E-state index in [0.29, 0.717) is 11.8 Å². The van der Waals surface area contributed by atoms with Crippen molar-refractivity contribution in [3.63, 3.8) is 0 Å². The van der Waals surface area contributed by atoms with Gasteiger partial charge in [-0.25, -0.2) is 0 Å². The van der Waals surface area contributed by atoms with Gasteiger partial charge in [-0.2, -0.15) is 13.2 Å². The van der Waals surface area contributed by atoms with E-state index in [1.165, 1.54) is 19.9 Å². The van der Waals surface area contributed by atoms with E-state index in [4.69, 9.17) is 0 Å². The Bertz CT molecular complexity index is 226. The third-order valence-corrected chi connectivity index (χ3v) is 4.17. The van der Waals surface area contributed by atoms with Crippen molar-refractivity contribution in [2.75, 3.05) is 7.05 Å². The lowest BCUT2D eigenvalue weighted by Crippen LogP contribution is -2.42. The Balaban J connectivity index is 1.90. The monoisotopic (exact) mass is 221 g/mol. The fraction of sp³-hybridized carbons (Fsp3) is 1.00. The Morgan fingerprint density at radius 3 is 2.40 bits per heavy atom. The molecule has 0 heterocycles. The summed E-state index contributed by atoms with van der Waals surface area (Å²) in [6, 6.07) is -1.30. The fourth-order valence-corrected chi connectivity index (χ4v) is 3.38. The summed E-state index contributed by atoms with van der Waals surface area (Å²) < 4.78 is 37.7. The molecule has 1 N–H and O–H groups in total. The fourth-order valence-electron chi connectivity index (χ4n) is 3.38. The molecule has 2 rings (SSSR count). The number of alkyl halides is 3. The molecule has 2 aliphatic carbocycles. The van der Waals surface area contributed by atoms with Crippen molar-refractivity contribution in [2.24, 2.45) is 17.8 Å². The quantitative estimate of drug-likeness (QED) is 0.772. The number of hydrogen-bond donors (Lipinski definition) is 1. The third kappa shape index (κ3) is 2.30. The number of fused-ring (bicyclic) bond motifs is 2. The van der Waals surface area contributed by atoms with Crippen LogP contribution in [0.4, 0.5) is 13.2 Å². The van der Waals surface area contributed by atoms with Gasteiger partial charge in [-0.15, -0.1) is 0 Å². The summed E-state index contributed by atoms with van der Waals surface area (Å²) in [5.74, 6) is 1.61. The van der Waals surface area contributed by atoms with Gasteiger partial charge in [0.05, 0.1) is 0 Å². The number of nitrogens with one attached hydrogen (secondary N) is 1. The molecule has 0 aromatic rings. The molecule has 0 aliphatic heterocycles. The average molecular weight is 221 g/mol. The molecular formula is C11H18F3N. The van der Waals surface area contributed by atoms with Crippen LogP contribution in [0.25, 0.3) is 0 Å². The van der Waals surface area contributed by atoms with E-state index in [-0.39, 0.29) is 6.42 Å². The first-order chi connectivity index (χ1) is 7.00. The molecule has 0 radical (unpaired) electrons. The van der Waals surface area contributed by atoms with E-state index in [1.807, 2.05) is 0 Å². The highest BCUT2D eigenvalue weighted by atomic mass is 19.4. The summed E-state index contributed by atoms with van der Waals surface area (Å²) in [6.45, 7) is 0. The zero-order valence-corrected chi connectivity index (χ0v) is 8.98. The lowest BCUT2D eigenvalue weighted by Gasteiger charge is -2.27. The van der Waals surface area contributed by atoms with Crippen molar-refractivity contribution < 1.29 is 13.2 Å². The van der Waals surface area contributed by atoms with Crippen LogP contribution < -0.4 is 5.32 Å². The summed E-state index contributed by atoms with van der Waals surface area (Å²) in [5, 5.41) is 2.40. The summed E-state index contributed by atoms with van der Waals surface area (Å²) in [6.07, 6.45) is 0.802. The number of rotatable bonds is 3. The Kier molecular flexibility index (Phi) is 2.97. The van der Waals surface area contributed by atoms with E-state index >= 15 is 0 Å². The molecule has 2 fully saturated rings. The molecular weight excluding hydrogens is 203 g/mol. The van der Waals surface area contributed by atoms with E-state index in [9.17, 15) is 13.2 Å². The van der Waals surface area contributed by atoms with E-state index in [1.54, 1.807) is 0 Å². The van der Waals surface area contributed by atoms with Crippen molar-refractivity contribution in [3.05, 3.63) is 0 Å². The van der Waals surface area contributed by atoms with Gasteiger partial charge in [-0.05, 0) is 50.5 Å². The maximum absolute atomic E-state index is 12.6. The van der Waals surface area contributed by atoms with Crippen LogP contribution >= 0.6 is 0 Å². The zero-order valence-electron chi connectivity index (χ0n) is 8.98. The molecule has 0 amide bonds. The molecule has 2 saturated carbocycles. The van der Waals surface area contributed by atoms with Crippen LogP contribution in [0, 0.1) is 17.8 Å². The molecule has 0 spiro atoms. The topological polar surface area (TPSA) is 12.0 Å². The second-order valence-electron chi connectivity index (χ2n) is 5.05. The molecule has 15 heavy (non-hydrogen) atoms. The third-order valence-electron chi connectivity index (χ3n) is 4.17. The first-order valence-electron chi connectivity index (χ1n) is 5.74. The van der Waals surface area contributed by atoms with Crippen molar-refractivity contribution in [2.45, 2.75) is 44.3 Å². The molecule has 0 aromatic carbocycles. The van der Waals surface area contributed by atoms with Crippen LogP contribution in [0.1, 0.15) is 32.1 Å². The van der Waals surface area contributed by atoms with Crippen LogP contribution in [0.5, 0.6) is 0 Å². The highest BCUT2D eigenvalue weighted by molar-refractivity contribution is 4.92. The first-order valence-corrected chi connectivity index (χ1v) is 5.74. The van der Waals surface area contributed by atoms with Crippen LogP contribution in [0.15, 0.2) is 0 Å². The molecule has 1 nitrogen and oxygen atoms in total. The van der Waals surface area contributed by atoms with E-state index in [2.05, 4.69) is 5.32 Å². The average Bonchev–Trinajstić information content (AvgIpc) is 2.72. The number of hydrogen-bond acceptors (Lipinski definition) is 1. The highest BCUT2D eigenvalue weighted by Gasteiger charge is 2.45. The molecule has 2 bridgehead atoms. The normalized spacial score (nSPS) is 37.2. The minimum absolute atomic E-state index is 0.279.